The van der Waals surface area contributed by atoms with Crippen LogP contribution in [0, 0.1) is 23.7 Å². The summed E-state index contributed by atoms with van der Waals surface area (Å²) < 4.78 is 41.8. The quantitative estimate of drug-likeness (QED) is 0.840. The van der Waals surface area contributed by atoms with Gasteiger partial charge in [0.2, 0.25) is 0 Å². The van der Waals surface area contributed by atoms with Gasteiger partial charge in [0.05, 0.1) is 17.4 Å². The second kappa shape index (κ2) is 5.72. The molecule has 2 atom stereocenters. The minimum Gasteiger partial charge on any atom is -0.390 e. The zero-order chi connectivity index (χ0) is 19.0. The maximum atomic E-state index is 13.6. The highest BCUT2D eigenvalue weighted by Crippen LogP contribution is 2.55. The van der Waals surface area contributed by atoms with Crippen molar-refractivity contribution in [2.45, 2.75) is 69.3 Å². The van der Waals surface area contributed by atoms with Crippen LogP contribution in [0.2, 0.25) is 0 Å². The van der Waals surface area contributed by atoms with E-state index in [1.807, 2.05) is 0 Å². The maximum Gasteiger partial charge on any atom is 0.433 e. The van der Waals surface area contributed by atoms with Crippen LogP contribution in [0.3, 0.4) is 0 Å². The molecule has 0 aliphatic heterocycles. The molecule has 5 aliphatic carbocycles. The molecule has 1 heterocycles. The zero-order valence-electron chi connectivity index (χ0n) is 15.0. The Morgan fingerprint density at radius 3 is 2.48 bits per heavy atom. The molecule has 5 saturated carbocycles. The lowest BCUT2D eigenvalue weighted by atomic mass is 9.52. The number of carbonyl (C=O) groups is 1. The average molecular weight is 383 g/mol. The van der Waals surface area contributed by atoms with Gasteiger partial charge >= 0.3 is 6.18 Å². The van der Waals surface area contributed by atoms with Crippen molar-refractivity contribution in [2.75, 3.05) is 0 Å². The summed E-state index contributed by atoms with van der Waals surface area (Å²) in [6, 6.07) is -0.151. The summed E-state index contributed by atoms with van der Waals surface area (Å²) in [5.74, 6) is 0.329. The van der Waals surface area contributed by atoms with Crippen molar-refractivity contribution in [3.63, 3.8) is 0 Å². The molecule has 5 nitrogen and oxygen atoms in total. The predicted molar refractivity (Wildman–Crippen MR) is 89.7 cm³/mol. The second-order valence-corrected chi connectivity index (χ2v) is 9.22. The van der Waals surface area contributed by atoms with E-state index in [2.05, 4.69) is 10.4 Å². The lowest BCUT2D eigenvalue weighted by Crippen LogP contribution is -2.61. The highest BCUT2D eigenvalue weighted by atomic mass is 19.4. The van der Waals surface area contributed by atoms with Gasteiger partial charge in [-0.15, -0.1) is 0 Å². The summed E-state index contributed by atoms with van der Waals surface area (Å²) in [4.78, 5) is 12.8. The Bertz CT molecular complexity index is 755. The molecule has 1 amide bonds. The molecule has 2 unspecified atom stereocenters. The SMILES string of the molecule is O=C(NC1C2CC3CC1CC(O)(C3)C2)c1cnn(CC2CC2)c1C(F)(F)F. The number of nitrogens with zero attached hydrogens (tertiary/aromatic N) is 2. The topological polar surface area (TPSA) is 67.2 Å². The Kier molecular flexibility index (Phi) is 3.71. The van der Waals surface area contributed by atoms with Gasteiger partial charge in [-0.3, -0.25) is 9.48 Å². The van der Waals surface area contributed by atoms with Gasteiger partial charge in [-0.2, -0.15) is 18.3 Å². The lowest BCUT2D eigenvalue weighted by molar-refractivity contribution is -0.144. The van der Waals surface area contributed by atoms with Gasteiger partial charge in [0.25, 0.3) is 5.91 Å². The molecule has 4 bridgehead atoms. The van der Waals surface area contributed by atoms with Crippen LogP contribution in [0.15, 0.2) is 6.20 Å². The monoisotopic (exact) mass is 383 g/mol. The van der Waals surface area contributed by atoms with Crippen molar-refractivity contribution >= 4 is 5.91 Å². The van der Waals surface area contributed by atoms with E-state index in [9.17, 15) is 23.1 Å². The first kappa shape index (κ1) is 17.5. The van der Waals surface area contributed by atoms with Gasteiger partial charge in [0, 0.05) is 12.6 Å². The number of alkyl halides is 3. The summed E-state index contributed by atoms with van der Waals surface area (Å²) in [6.45, 7) is 0.214. The van der Waals surface area contributed by atoms with E-state index in [-0.39, 0.29) is 35.9 Å². The van der Waals surface area contributed by atoms with Crippen molar-refractivity contribution in [3.8, 4) is 0 Å². The van der Waals surface area contributed by atoms with Crippen molar-refractivity contribution in [3.05, 3.63) is 17.5 Å². The summed E-state index contributed by atoms with van der Waals surface area (Å²) >= 11 is 0. The molecule has 0 saturated heterocycles. The van der Waals surface area contributed by atoms with Crippen LogP contribution in [0.5, 0.6) is 0 Å². The minimum atomic E-state index is -4.61. The van der Waals surface area contributed by atoms with Crippen molar-refractivity contribution in [1.82, 2.24) is 15.1 Å². The third-order valence-corrected chi connectivity index (χ3v) is 7.02. The van der Waals surface area contributed by atoms with Crippen LogP contribution in [0.1, 0.15) is 61.0 Å². The van der Waals surface area contributed by atoms with E-state index in [4.69, 9.17) is 0 Å². The van der Waals surface area contributed by atoms with E-state index in [1.54, 1.807) is 0 Å². The molecule has 0 spiro atoms. The summed E-state index contributed by atoms with van der Waals surface area (Å²) in [6.07, 6.45) is 2.25. The number of rotatable bonds is 4. The lowest BCUT2D eigenvalue weighted by Gasteiger charge is -2.58. The maximum absolute atomic E-state index is 13.6. The molecular formula is C19H24F3N3O2. The molecule has 2 N–H and O–H groups in total. The highest BCUT2D eigenvalue weighted by molar-refractivity contribution is 5.95. The number of aliphatic hydroxyl groups is 1. The number of hydrogen-bond acceptors (Lipinski definition) is 3. The van der Waals surface area contributed by atoms with Gasteiger partial charge in [0.1, 0.15) is 0 Å². The fraction of sp³-hybridized carbons (Fsp3) is 0.789. The van der Waals surface area contributed by atoms with E-state index in [0.717, 1.165) is 43.0 Å². The molecule has 6 rings (SSSR count). The van der Waals surface area contributed by atoms with E-state index >= 15 is 0 Å². The average Bonchev–Trinajstić information content (AvgIpc) is 3.24. The minimum absolute atomic E-state index is 0.151. The van der Waals surface area contributed by atoms with Crippen molar-refractivity contribution in [2.24, 2.45) is 23.7 Å². The van der Waals surface area contributed by atoms with E-state index in [1.165, 1.54) is 0 Å². The van der Waals surface area contributed by atoms with Gasteiger partial charge in [0.15, 0.2) is 5.69 Å². The van der Waals surface area contributed by atoms with Crippen LogP contribution >= 0.6 is 0 Å². The van der Waals surface area contributed by atoms with Gasteiger partial charge in [-0.05, 0) is 68.6 Å². The Balaban J connectivity index is 1.38. The smallest absolute Gasteiger partial charge is 0.390 e. The number of hydrogen-bond donors (Lipinski definition) is 2. The Morgan fingerprint density at radius 2 is 1.93 bits per heavy atom. The van der Waals surface area contributed by atoms with E-state index < -0.39 is 23.4 Å². The van der Waals surface area contributed by atoms with E-state index in [0.29, 0.717) is 18.8 Å². The first-order chi connectivity index (χ1) is 12.7. The fourth-order valence-corrected chi connectivity index (χ4v) is 5.98. The second-order valence-electron chi connectivity index (χ2n) is 9.22. The number of nitrogens with one attached hydrogen (secondary N) is 1. The number of aromatic nitrogens is 2. The van der Waals surface area contributed by atoms with Crippen LogP contribution < -0.4 is 5.32 Å². The third kappa shape index (κ3) is 3.05. The van der Waals surface area contributed by atoms with Crippen molar-refractivity contribution in [1.29, 1.82) is 0 Å². The Hall–Kier alpha value is -1.57. The highest BCUT2D eigenvalue weighted by Gasteiger charge is 2.55. The predicted octanol–water partition coefficient (Wildman–Crippen LogP) is 2.98. The summed E-state index contributed by atoms with van der Waals surface area (Å²) in [5.41, 5.74) is -1.95. The van der Waals surface area contributed by atoms with Crippen LogP contribution in [0.4, 0.5) is 13.2 Å². The van der Waals surface area contributed by atoms with Crippen molar-refractivity contribution < 1.29 is 23.1 Å². The zero-order valence-corrected chi connectivity index (χ0v) is 15.0. The molecule has 148 valence electrons. The van der Waals surface area contributed by atoms with Gasteiger partial charge in [-0.1, -0.05) is 0 Å². The number of halogens is 3. The molecule has 5 aliphatic rings. The van der Waals surface area contributed by atoms with Gasteiger partial charge < -0.3 is 10.4 Å². The van der Waals surface area contributed by atoms with Gasteiger partial charge in [-0.25, -0.2) is 0 Å². The Morgan fingerprint density at radius 1 is 1.26 bits per heavy atom. The summed E-state index contributed by atoms with van der Waals surface area (Å²) in [5, 5.41) is 17.4. The summed E-state index contributed by atoms with van der Waals surface area (Å²) in [7, 11) is 0. The van der Waals surface area contributed by atoms with Crippen LogP contribution in [-0.2, 0) is 12.7 Å². The molecule has 1 aromatic heterocycles. The fourth-order valence-electron chi connectivity index (χ4n) is 5.98. The largest absolute Gasteiger partial charge is 0.433 e. The molecule has 27 heavy (non-hydrogen) atoms. The standard InChI is InChI=1S/C19H24F3N3O2/c20-19(21,22)16-14(8-23-25(16)9-10-1-2-10)17(26)24-15-12-3-11-4-13(15)7-18(27,5-11)6-12/h8,10-13,15,27H,1-7,9H2,(H,24,26). The molecule has 0 radical (unpaired) electrons. The molecule has 0 aromatic carbocycles. The normalized spacial score (nSPS) is 37.6. The first-order valence-electron chi connectivity index (χ1n) is 9.88. The first-order valence-corrected chi connectivity index (χ1v) is 9.88. The molecule has 8 heteroatoms. The van der Waals surface area contributed by atoms with Crippen LogP contribution in [-0.4, -0.2) is 32.4 Å². The number of carbonyl (C=O) groups excluding carboxylic acids is 1. The molecular weight excluding hydrogens is 359 g/mol. The molecule has 5 fully saturated rings. The Labute approximate surface area is 155 Å². The molecule has 1 aromatic rings. The number of amides is 1. The third-order valence-electron chi connectivity index (χ3n) is 7.02. The van der Waals surface area contributed by atoms with Crippen LogP contribution in [0.25, 0.3) is 0 Å².